The van der Waals surface area contributed by atoms with Crippen molar-refractivity contribution < 1.29 is 4.79 Å². The molecule has 0 fully saturated rings. The van der Waals surface area contributed by atoms with Gasteiger partial charge in [-0.2, -0.15) is 0 Å². The minimum absolute atomic E-state index is 0. The summed E-state index contributed by atoms with van der Waals surface area (Å²) in [6.07, 6.45) is 5.67. The molecule has 0 unspecified atom stereocenters. The van der Waals surface area contributed by atoms with Gasteiger partial charge in [-0.25, -0.2) is 0 Å². The Morgan fingerprint density at radius 2 is 1.80 bits per heavy atom. The van der Waals surface area contributed by atoms with E-state index in [1.54, 1.807) is 0 Å². The van der Waals surface area contributed by atoms with Gasteiger partial charge in [0.2, 0.25) is 5.91 Å². The lowest BCUT2D eigenvalue weighted by atomic mass is 10.1. The molecule has 0 atom stereocenters. The molecule has 1 aromatic carbocycles. The maximum atomic E-state index is 11.5. The summed E-state index contributed by atoms with van der Waals surface area (Å²) >= 11 is 0. The van der Waals surface area contributed by atoms with Crippen LogP contribution in [0.4, 0.5) is 0 Å². The fourth-order valence-electron chi connectivity index (χ4n) is 1.95. The lowest BCUT2D eigenvalue weighted by Crippen LogP contribution is -2.24. The van der Waals surface area contributed by atoms with E-state index in [4.69, 9.17) is 5.73 Å². The lowest BCUT2D eigenvalue weighted by Gasteiger charge is -2.05. The molecule has 3 N–H and O–H groups in total. The van der Waals surface area contributed by atoms with E-state index in [-0.39, 0.29) is 18.3 Å². The van der Waals surface area contributed by atoms with Crippen LogP contribution in [0.3, 0.4) is 0 Å². The third-order valence-electron chi connectivity index (χ3n) is 3.19. The van der Waals surface area contributed by atoms with Crippen LogP contribution in [0, 0.1) is 6.92 Å². The molecule has 4 heteroatoms. The molecule has 1 rings (SSSR count). The maximum absolute atomic E-state index is 11.5. The van der Waals surface area contributed by atoms with Crippen molar-refractivity contribution >= 4 is 18.3 Å². The first-order chi connectivity index (χ1) is 9.22. The molecule has 0 aromatic heterocycles. The smallest absolute Gasteiger partial charge is 0.219 e. The highest BCUT2D eigenvalue weighted by Crippen LogP contribution is 2.08. The minimum Gasteiger partial charge on any atom is -0.356 e. The first-order valence-corrected chi connectivity index (χ1v) is 7.24. The standard InChI is InChI=1S/C16H26N2O.ClH/c1-14-8-10-15(11-9-14)6-2-3-7-16(19)18-13-5-4-12-17;/h8-11H,2-7,12-13,17H2,1H3,(H,18,19);1H. The second kappa shape index (κ2) is 11.7. The Morgan fingerprint density at radius 1 is 1.10 bits per heavy atom. The number of hydrogen-bond acceptors (Lipinski definition) is 2. The average Bonchev–Trinajstić information content (AvgIpc) is 2.42. The topological polar surface area (TPSA) is 55.1 Å². The Hall–Kier alpha value is -1.06. The molecule has 1 amide bonds. The fraction of sp³-hybridized carbons (Fsp3) is 0.562. The van der Waals surface area contributed by atoms with Crippen LogP contribution in [0.25, 0.3) is 0 Å². The van der Waals surface area contributed by atoms with Crippen LogP contribution in [0.1, 0.15) is 43.2 Å². The first-order valence-electron chi connectivity index (χ1n) is 7.24. The fourth-order valence-corrected chi connectivity index (χ4v) is 1.95. The van der Waals surface area contributed by atoms with Gasteiger partial charge < -0.3 is 11.1 Å². The first kappa shape index (κ1) is 18.9. The molecule has 20 heavy (non-hydrogen) atoms. The summed E-state index contributed by atoms with van der Waals surface area (Å²) in [5.74, 6) is 0.168. The predicted molar refractivity (Wildman–Crippen MR) is 87.3 cm³/mol. The summed E-state index contributed by atoms with van der Waals surface area (Å²) in [6, 6.07) is 8.61. The summed E-state index contributed by atoms with van der Waals surface area (Å²) < 4.78 is 0. The number of nitrogens with two attached hydrogens (primary N) is 1. The van der Waals surface area contributed by atoms with Gasteiger partial charge in [0.25, 0.3) is 0 Å². The van der Waals surface area contributed by atoms with Gasteiger partial charge in [-0.15, -0.1) is 12.4 Å². The SMILES string of the molecule is Cc1ccc(CCCCC(=O)NCCCCN)cc1.Cl. The Balaban J connectivity index is 0.00000361. The quantitative estimate of drug-likeness (QED) is 0.689. The van der Waals surface area contributed by atoms with Crippen molar-refractivity contribution in [3.05, 3.63) is 35.4 Å². The highest BCUT2D eigenvalue weighted by Gasteiger charge is 2.00. The van der Waals surface area contributed by atoms with Crippen LogP contribution in [0.5, 0.6) is 0 Å². The number of carbonyl (C=O) groups excluding carboxylic acids is 1. The van der Waals surface area contributed by atoms with E-state index < -0.39 is 0 Å². The lowest BCUT2D eigenvalue weighted by molar-refractivity contribution is -0.121. The van der Waals surface area contributed by atoms with E-state index in [2.05, 4.69) is 36.5 Å². The van der Waals surface area contributed by atoms with Crippen molar-refractivity contribution in [2.24, 2.45) is 5.73 Å². The summed E-state index contributed by atoms with van der Waals surface area (Å²) in [4.78, 5) is 11.5. The number of benzene rings is 1. The molecule has 0 aliphatic heterocycles. The van der Waals surface area contributed by atoms with Gasteiger partial charge in [0.05, 0.1) is 0 Å². The summed E-state index contributed by atoms with van der Waals surface area (Å²) in [5, 5.41) is 2.93. The number of rotatable bonds is 9. The van der Waals surface area contributed by atoms with Crippen molar-refractivity contribution in [3.8, 4) is 0 Å². The van der Waals surface area contributed by atoms with Gasteiger partial charge in [0, 0.05) is 13.0 Å². The van der Waals surface area contributed by atoms with Crippen molar-refractivity contribution in [2.75, 3.05) is 13.1 Å². The van der Waals surface area contributed by atoms with Crippen LogP contribution in [-0.2, 0) is 11.2 Å². The zero-order valence-corrected chi connectivity index (χ0v) is 13.2. The molecule has 0 bridgehead atoms. The molecule has 0 heterocycles. The molecule has 0 spiro atoms. The molecule has 1 aromatic rings. The molecule has 0 aliphatic carbocycles. The van der Waals surface area contributed by atoms with E-state index in [1.165, 1.54) is 11.1 Å². The van der Waals surface area contributed by atoms with Crippen LogP contribution in [-0.4, -0.2) is 19.0 Å². The van der Waals surface area contributed by atoms with E-state index in [0.29, 0.717) is 13.0 Å². The monoisotopic (exact) mass is 298 g/mol. The zero-order chi connectivity index (χ0) is 13.9. The van der Waals surface area contributed by atoms with Crippen LogP contribution < -0.4 is 11.1 Å². The number of aryl methyl sites for hydroxylation is 2. The number of hydrogen-bond donors (Lipinski definition) is 2. The van der Waals surface area contributed by atoms with Crippen LogP contribution >= 0.6 is 12.4 Å². The molecular weight excluding hydrogens is 272 g/mol. The van der Waals surface area contributed by atoms with Gasteiger partial charge in [-0.1, -0.05) is 29.8 Å². The largest absolute Gasteiger partial charge is 0.356 e. The number of unbranched alkanes of at least 4 members (excludes halogenated alkanes) is 2. The van der Waals surface area contributed by atoms with Gasteiger partial charge >= 0.3 is 0 Å². The van der Waals surface area contributed by atoms with Crippen LogP contribution in [0.2, 0.25) is 0 Å². The Bertz CT molecular complexity index is 365. The van der Waals surface area contributed by atoms with Gasteiger partial charge in [-0.3, -0.25) is 4.79 Å². The average molecular weight is 299 g/mol. The van der Waals surface area contributed by atoms with E-state index >= 15 is 0 Å². The summed E-state index contributed by atoms with van der Waals surface area (Å²) in [6.45, 7) is 3.55. The van der Waals surface area contributed by atoms with Gasteiger partial charge in [0.15, 0.2) is 0 Å². The molecule has 114 valence electrons. The minimum atomic E-state index is 0. The Labute approximate surface area is 128 Å². The second-order valence-electron chi connectivity index (χ2n) is 5.04. The molecule has 0 saturated carbocycles. The molecule has 0 aliphatic rings. The van der Waals surface area contributed by atoms with Crippen molar-refractivity contribution in [1.29, 1.82) is 0 Å². The summed E-state index contributed by atoms with van der Waals surface area (Å²) in [7, 11) is 0. The Kier molecular flexibility index (Phi) is 11.1. The van der Waals surface area contributed by atoms with E-state index in [1.807, 2.05) is 0 Å². The number of nitrogens with one attached hydrogen (secondary N) is 1. The molecular formula is C16H27ClN2O. The predicted octanol–water partition coefficient (Wildman–Crippen LogP) is 2.98. The van der Waals surface area contributed by atoms with Crippen molar-refractivity contribution in [3.63, 3.8) is 0 Å². The number of amides is 1. The zero-order valence-electron chi connectivity index (χ0n) is 12.4. The highest BCUT2D eigenvalue weighted by molar-refractivity contribution is 5.85. The normalized spacial score (nSPS) is 9.90. The molecule has 0 saturated heterocycles. The summed E-state index contributed by atoms with van der Waals surface area (Å²) in [5.41, 5.74) is 8.04. The number of halogens is 1. The van der Waals surface area contributed by atoms with E-state index in [9.17, 15) is 4.79 Å². The Morgan fingerprint density at radius 3 is 2.45 bits per heavy atom. The third-order valence-corrected chi connectivity index (χ3v) is 3.19. The maximum Gasteiger partial charge on any atom is 0.219 e. The second-order valence-corrected chi connectivity index (χ2v) is 5.04. The van der Waals surface area contributed by atoms with E-state index in [0.717, 1.165) is 38.6 Å². The van der Waals surface area contributed by atoms with Gasteiger partial charge in [0.1, 0.15) is 0 Å². The molecule has 3 nitrogen and oxygen atoms in total. The molecule has 0 radical (unpaired) electrons. The van der Waals surface area contributed by atoms with Crippen molar-refractivity contribution in [1.82, 2.24) is 5.32 Å². The highest BCUT2D eigenvalue weighted by atomic mass is 35.5. The third kappa shape index (κ3) is 8.94. The van der Waals surface area contributed by atoms with Crippen molar-refractivity contribution in [2.45, 2.75) is 45.4 Å². The van der Waals surface area contributed by atoms with Crippen LogP contribution in [0.15, 0.2) is 24.3 Å². The van der Waals surface area contributed by atoms with Gasteiger partial charge in [-0.05, 0) is 51.1 Å². The number of carbonyl (C=O) groups is 1.